The molecule has 0 fully saturated rings. The molecule has 11 heavy (non-hydrogen) atoms. The molecule has 0 atom stereocenters. The highest BCUT2D eigenvalue weighted by molar-refractivity contribution is 9.10. The third kappa shape index (κ3) is 5.61. The van der Waals surface area contributed by atoms with Crippen molar-refractivity contribution < 1.29 is 4.79 Å². The Bertz CT molecular complexity index is 208. The van der Waals surface area contributed by atoms with E-state index in [0.717, 1.165) is 4.47 Å². The van der Waals surface area contributed by atoms with E-state index in [0.29, 0.717) is 0 Å². The van der Waals surface area contributed by atoms with Crippen LogP contribution in [0.1, 0.15) is 5.56 Å². The van der Waals surface area contributed by atoms with Crippen molar-refractivity contribution in [3.05, 3.63) is 34.3 Å². The third-order valence-electron chi connectivity index (χ3n) is 0.980. The van der Waals surface area contributed by atoms with Crippen LogP contribution in [0.4, 0.5) is 0 Å². The SMILES string of the molecule is Cc1cccc(Br)c1.NC=O. The molecule has 0 bridgehead atoms. The van der Waals surface area contributed by atoms with Gasteiger partial charge in [-0.1, -0.05) is 33.6 Å². The molecule has 0 spiro atoms. The Morgan fingerprint density at radius 3 is 2.36 bits per heavy atom. The van der Waals surface area contributed by atoms with Gasteiger partial charge in [-0.2, -0.15) is 0 Å². The number of nitrogens with two attached hydrogens (primary N) is 1. The third-order valence-corrected chi connectivity index (χ3v) is 1.47. The fourth-order valence-electron chi connectivity index (χ4n) is 0.606. The van der Waals surface area contributed by atoms with Crippen molar-refractivity contribution >= 4 is 22.3 Å². The Hall–Kier alpha value is -0.830. The second-order valence-corrected chi connectivity index (χ2v) is 2.85. The van der Waals surface area contributed by atoms with Gasteiger partial charge >= 0.3 is 0 Å². The van der Waals surface area contributed by atoms with Crippen molar-refractivity contribution in [3.8, 4) is 0 Å². The molecule has 1 aromatic carbocycles. The topological polar surface area (TPSA) is 43.1 Å². The Morgan fingerprint density at radius 1 is 1.55 bits per heavy atom. The van der Waals surface area contributed by atoms with Gasteiger partial charge in [-0.25, -0.2) is 0 Å². The minimum absolute atomic E-state index is 0.250. The molecular weight excluding hydrogens is 206 g/mol. The van der Waals surface area contributed by atoms with Gasteiger partial charge in [0.1, 0.15) is 0 Å². The van der Waals surface area contributed by atoms with Crippen LogP contribution in [0.3, 0.4) is 0 Å². The summed E-state index contributed by atoms with van der Waals surface area (Å²) in [5, 5.41) is 0. The summed E-state index contributed by atoms with van der Waals surface area (Å²) in [7, 11) is 0. The summed E-state index contributed by atoms with van der Waals surface area (Å²) in [6, 6.07) is 8.21. The number of benzene rings is 1. The van der Waals surface area contributed by atoms with Gasteiger partial charge in [-0.3, -0.25) is 4.79 Å². The first-order chi connectivity index (χ1) is 5.20. The smallest absolute Gasteiger partial charge is 0.204 e. The summed E-state index contributed by atoms with van der Waals surface area (Å²) >= 11 is 3.36. The van der Waals surface area contributed by atoms with Crippen molar-refractivity contribution in [2.24, 2.45) is 5.73 Å². The minimum Gasteiger partial charge on any atom is -0.372 e. The Labute approximate surface area is 74.5 Å². The van der Waals surface area contributed by atoms with E-state index >= 15 is 0 Å². The predicted molar refractivity (Wildman–Crippen MR) is 49.1 cm³/mol. The maximum atomic E-state index is 8.58. The van der Waals surface area contributed by atoms with Crippen LogP contribution >= 0.6 is 15.9 Å². The van der Waals surface area contributed by atoms with Crippen LogP contribution in [0.15, 0.2) is 28.7 Å². The number of aryl methyl sites for hydroxylation is 1. The molecule has 0 aliphatic carbocycles. The first-order valence-electron chi connectivity index (χ1n) is 3.08. The van der Waals surface area contributed by atoms with Gasteiger partial charge in [0, 0.05) is 4.47 Å². The average Bonchev–Trinajstić information content (AvgIpc) is 1.88. The van der Waals surface area contributed by atoms with E-state index in [9.17, 15) is 0 Å². The average molecular weight is 216 g/mol. The highest BCUT2D eigenvalue weighted by Gasteiger charge is 1.82. The van der Waals surface area contributed by atoms with Crippen LogP contribution in [0.25, 0.3) is 0 Å². The van der Waals surface area contributed by atoms with E-state index < -0.39 is 0 Å². The molecule has 3 heteroatoms. The van der Waals surface area contributed by atoms with Gasteiger partial charge in [0.2, 0.25) is 6.41 Å². The molecule has 1 aromatic rings. The lowest BCUT2D eigenvalue weighted by Gasteiger charge is -1.89. The van der Waals surface area contributed by atoms with Gasteiger partial charge in [0.15, 0.2) is 0 Å². The van der Waals surface area contributed by atoms with Gasteiger partial charge in [0.05, 0.1) is 0 Å². The van der Waals surface area contributed by atoms with Crippen LogP contribution in [0, 0.1) is 6.92 Å². The van der Waals surface area contributed by atoms with E-state index in [1.807, 2.05) is 12.1 Å². The zero-order valence-electron chi connectivity index (χ0n) is 6.25. The normalized spacial score (nSPS) is 7.82. The minimum atomic E-state index is 0.250. The van der Waals surface area contributed by atoms with E-state index in [4.69, 9.17) is 4.79 Å². The Kier molecular flexibility index (Phi) is 5.47. The number of hydrogen-bond donors (Lipinski definition) is 1. The van der Waals surface area contributed by atoms with Crippen LogP contribution < -0.4 is 5.73 Å². The molecule has 2 N–H and O–H groups in total. The number of rotatable bonds is 0. The van der Waals surface area contributed by atoms with Gasteiger partial charge < -0.3 is 5.73 Å². The summed E-state index contributed by atoms with van der Waals surface area (Å²) in [5.41, 5.74) is 5.46. The lowest BCUT2D eigenvalue weighted by molar-refractivity contribution is -0.106. The highest BCUT2D eigenvalue weighted by atomic mass is 79.9. The van der Waals surface area contributed by atoms with Gasteiger partial charge in [0.25, 0.3) is 0 Å². The zero-order chi connectivity index (χ0) is 8.69. The van der Waals surface area contributed by atoms with Crippen molar-refractivity contribution in [2.45, 2.75) is 6.92 Å². The van der Waals surface area contributed by atoms with Gasteiger partial charge in [-0.05, 0) is 19.1 Å². The fourth-order valence-corrected chi connectivity index (χ4v) is 1.12. The molecule has 0 heterocycles. The van der Waals surface area contributed by atoms with Crippen LogP contribution in [0.5, 0.6) is 0 Å². The molecule has 2 nitrogen and oxygen atoms in total. The molecule has 0 aliphatic heterocycles. The standard InChI is InChI=1S/C7H7Br.CH3NO/c1-6-3-2-4-7(8)5-6;2-1-3/h2-5H,1H3;1H,(H2,2,3). The van der Waals surface area contributed by atoms with E-state index in [1.165, 1.54) is 5.56 Å². The van der Waals surface area contributed by atoms with Crippen molar-refractivity contribution in [2.75, 3.05) is 0 Å². The van der Waals surface area contributed by atoms with E-state index in [2.05, 4.69) is 40.7 Å². The lowest BCUT2D eigenvalue weighted by Crippen LogP contribution is -1.82. The van der Waals surface area contributed by atoms with E-state index in [1.54, 1.807) is 0 Å². The first kappa shape index (κ1) is 10.2. The Morgan fingerprint density at radius 2 is 2.09 bits per heavy atom. The molecule has 0 saturated heterocycles. The maximum absolute atomic E-state index is 8.58. The lowest BCUT2D eigenvalue weighted by atomic mass is 10.2. The number of amides is 1. The Balaban J connectivity index is 0.000000292. The largest absolute Gasteiger partial charge is 0.372 e. The molecule has 0 saturated carbocycles. The molecule has 1 rings (SSSR count). The monoisotopic (exact) mass is 215 g/mol. The number of primary amides is 1. The van der Waals surface area contributed by atoms with Crippen LogP contribution in [0.2, 0.25) is 0 Å². The summed E-state index contributed by atoms with van der Waals surface area (Å²) < 4.78 is 1.15. The first-order valence-corrected chi connectivity index (χ1v) is 3.87. The fraction of sp³-hybridized carbons (Fsp3) is 0.125. The van der Waals surface area contributed by atoms with Crippen molar-refractivity contribution in [3.63, 3.8) is 0 Å². The molecule has 0 aromatic heterocycles. The van der Waals surface area contributed by atoms with Crippen LogP contribution in [-0.4, -0.2) is 6.41 Å². The summed E-state index contributed by atoms with van der Waals surface area (Å²) in [6.07, 6.45) is 0.250. The second-order valence-electron chi connectivity index (χ2n) is 1.94. The predicted octanol–water partition coefficient (Wildman–Crippen LogP) is 1.86. The summed E-state index contributed by atoms with van der Waals surface area (Å²) in [6.45, 7) is 2.07. The highest BCUT2D eigenvalue weighted by Crippen LogP contribution is 2.09. The molecule has 0 radical (unpaired) electrons. The molecule has 0 aliphatic rings. The zero-order valence-corrected chi connectivity index (χ0v) is 7.84. The molecule has 0 unspecified atom stereocenters. The number of carbonyl (C=O) groups is 1. The van der Waals surface area contributed by atoms with Crippen LogP contribution in [-0.2, 0) is 4.79 Å². The summed E-state index contributed by atoms with van der Waals surface area (Å²) in [5.74, 6) is 0. The quantitative estimate of drug-likeness (QED) is 0.661. The number of carbonyl (C=O) groups excluding carboxylic acids is 1. The molecule has 1 amide bonds. The maximum Gasteiger partial charge on any atom is 0.204 e. The van der Waals surface area contributed by atoms with E-state index in [-0.39, 0.29) is 6.41 Å². The second kappa shape index (κ2) is 5.92. The van der Waals surface area contributed by atoms with Crippen molar-refractivity contribution in [1.29, 1.82) is 0 Å². The molecular formula is C8H10BrNO. The van der Waals surface area contributed by atoms with Gasteiger partial charge in [-0.15, -0.1) is 0 Å². The summed E-state index contributed by atoms with van der Waals surface area (Å²) in [4.78, 5) is 8.58. The molecule has 60 valence electrons. The van der Waals surface area contributed by atoms with Crippen molar-refractivity contribution in [1.82, 2.24) is 0 Å². The number of hydrogen-bond acceptors (Lipinski definition) is 1. The number of halogens is 1.